The maximum atomic E-state index is 11.3. The second kappa shape index (κ2) is 23.5. The van der Waals surface area contributed by atoms with Crippen LogP contribution in [0.1, 0.15) is 88.2 Å². The van der Waals surface area contributed by atoms with Crippen LogP contribution in [0.4, 0.5) is 34.1 Å². The van der Waals surface area contributed by atoms with Crippen molar-refractivity contribution in [3.05, 3.63) is 149 Å². The average molecular weight is 1160 g/mol. The number of para-hydroxylation sites is 6. The summed E-state index contributed by atoms with van der Waals surface area (Å²) in [5.74, 6) is 8.35. The summed E-state index contributed by atoms with van der Waals surface area (Å²) < 4.78 is 23.2. The molecule has 0 radical (unpaired) electrons. The number of nitrogens with one attached hydrogen (secondary N) is 1. The van der Waals surface area contributed by atoms with Crippen LogP contribution >= 0.6 is 12.4 Å². The SMILES string of the molecule is CN1C2CCC1CC(N1c3ccccc3Oc3cc(-c4noc(=O)[nH]4)ccc31)C2.CN1C2CCC1CC(N1c3ccccc3Oc3cc(/C(N)=N/O)ccc31)C2.CN1C2CCC1CC(N1c3ccccc3Oc3cc(C#N)ccc31)C2.Cl.NO. The van der Waals surface area contributed by atoms with Crippen LogP contribution in [0.25, 0.3) is 11.4 Å². The fourth-order valence-corrected chi connectivity index (χ4v) is 15.1. The number of halogens is 1. The first-order valence-corrected chi connectivity index (χ1v) is 29.0. The lowest BCUT2D eigenvalue weighted by Gasteiger charge is -2.45. The van der Waals surface area contributed by atoms with E-state index >= 15 is 0 Å². The summed E-state index contributed by atoms with van der Waals surface area (Å²) in [6.07, 6.45) is 14.8. The number of nitrogens with two attached hydrogens (primary N) is 2. The number of aromatic amines is 1. The zero-order valence-electron chi connectivity index (χ0n) is 47.3. The Hall–Kier alpha value is -8.09. The van der Waals surface area contributed by atoms with Gasteiger partial charge in [0.25, 0.3) is 0 Å². The van der Waals surface area contributed by atoms with Gasteiger partial charge in [-0.3, -0.25) is 9.51 Å². The van der Waals surface area contributed by atoms with E-state index in [9.17, 15) is 10.1 Å². The number of amidine groups is 1. The Morgan fingerprint density at radius 1 is 0.536 bits per heavy atom. The van der Waals surface area contributed by atoms with Gasteiger partial charge in [0, 0.05) is 71.6 Å². The molecule has 16 rings (SSSR count). The highest BCUT2D eigenvalue weighted by Crippen LogP contribution is 2.54. The quantitative estimate of drug-likeness (QED) is 0.0466. The molecule has 6 saturated heterocycles. The molecular weight excluding hydrogens is 1080 g/mol. The van der Waals surface area contributed by atoms with Gasteiger partial charge in [0.05, 0.1) is 45.8 Å². The van der Waals surface area contributed by atoms with Crippen molar-refractivity contribution in [3.63, 3.8) is 0 Å². The van der Waals surface area contributed by atoms with Crippen molar-refractivity contribution in [2.45, 2.75) is 131 Å². The van der Waals surface area contributed by atoms with E-state index in [1.54, 1.807) is 0 Å². The number of nitriles is 1. The van der Waals surface area contributed by atoms with E-state index in [4.69, 9.17) is 30.4 Å². The molecule has 7 aromatic rings. The Morgan fingerprint density at radius 2 is 0.905 bits per heavy atom. The van der Waals surface area contributed by atoms with Crippen LogP contribution < -0.4 is 46.3 Å². The number of hydrogen-bond donors (Lipinski definition) is 5. The molecular formula is C64H71ClN12O7. The number of oxime groups is 1. The number of rotatable bonds is 5. The van der Waals surface area contributed by atoms with Gasteiger partial charge in [-0.2, -0.15) is 5.26 Å². The maximum Gasteiger partial charge on any atom is 0.439 e. The highest BCUT2D eigenvalue weighted by molar-refractivity contribution is 5.98. The van der Waals surface area contributed by atoms with Gasteiger partial charge in [-0.15, -0.1) is 12.4 Å². The number of benzene rings is 6. The summed E-state index contributed by atoms with van der Waals surface area (Å²) in [6, 6.07) is 49.8. The Kier molecular flexibility index (Phi) is 15.8. The number of anilines is 6. The Labute approximate surface area is 494 Å². The van der Waals surface area contributed by atoms with Gasteiger partial charge in [-0.1, -0.05) is 46.7 Å². The number of piperidine rings is 3. The van der Waals surface area contributed by atoms with Gasteiger partial charge in [0.15, 0.2) is 46.2 Å². The molecule has 6 fully saturated rings. The topological polar surface area (TPSA) is 235 Å². The van der Waals surface area contributed by atoms with Crippen molar-refractivity contribution >= 4 is 52.4 Å². The predicted molar refractivity (Wildman–Crippen MR) is 325 cm³/mol. The van der Waals surface area contributed by atoms with Crippen molar-refractivity contribution < 1.29 is 29.1 Å². The van der Waals surface area contributed by atoms with Gasteiger partial charge in [0.2, 0.25) is 0 Å². The van der Waals surface area contributed by atoms with E-state index in [1.807, 2.05) is 84.9 Å². The van der Waals surface area contributed by atoms with Crippen LogP contribution in [0.15, 0.2) is 142 Å². The van der Waals surface area contributed by atoms with Gasteiger partial charge in [-0.25, -0.2) is 10.7 Å². The molecule has 19 nitrogen and oxygen atoms in total. The minimum absolute atomic E-state index is 0. The highest BCUT2D eigenvalue weighted by atomic mass is 35.5. The van der Waals surface area contributed by atoms with Crippen LogP contribution in [0.2, 0.25) is 0 Å². The molecule has 0 amide bonds. The fourth-order valence-electron chi connectivity index (χ4n) is 15.1. The lowest BCUT2D eigenvalue weighted by Crippen LogP contribution is -2.48. The van der Waals surface area contributed by atoms with E-state index in [1.165, 1.54) is 51.4 Å². The first kappa shape index (κ1) is 56.4. The molecule has 6 unspecified atom stereocenters. The summed E-state index contributed by atoms with van der Waals surface area (Å²) in [5.41, 5.74) is 14.4. The van der Waals surface area contributed by atoms with Crippen LogP contribution in [0.3, 0.4) is 0 Å². The fraction of sp³-hybridized carbons (Fsp3) is 0.375. The van der Waals surface area contributed by atoms with E-state index in [2.05, 4.69) is 125 Å². The molecule has 0 aliphatic carbocycles. The maximum absolute atomic E-state index is 11.3. The summed E-state index contributed by atoms with van der Waals surface area (Å²) in [7, 11) is 6.81. The molecule has 1 aromatic heterocycles. The Balaban J connectivity index is 0.000000122. The molecule has 20 heteroatoms. The lowest BCUT2D eigenvalue weighted by atomic mass is 9.94. The summed E-state index contributed by atoms with van der Waals surface area (Å²) in [5, 5.41) is 31.7. The zero-order chi connectivity index (χ0) is 57.0. The van der Waals surface area contributed by atoms with Crippen molar-refractivity contribution in [1.82, 2.24) is 24.8 Å². The first-order valence-electron chi connectivity index (χ1n) is 29.0. The molecule has 9 aliphatic rings. The second-order valence-electron chi connectivity index (χ2n) is 23.4. The summed E-state index contributed by atoms with van der Waals surface area (Å²) in [6.45, 7) is 0. The third-order valence-corrected chi connectivity index (χ3v) is 19.3. The van der Waals surface area contributed by atoms with Crippen LogP contribution in [0.5, 0.6) is 34.5 Å². The zero-order valence-corrected chi connectivity index (χ0v) is 48.1. The highest BCUT2D eigenvalue weighted by Gasteiger charge is 2.46. The third-order valence-electron chi connectivity index (χ3n) is 19.3. The Morgan fingerprint density at radius 3 is 1.30 bits per heavy atom. The minimum atomic E-state index is -0.563. The number of hydrogen-bond acceptors (Lipinski definition) is 17. The van der Waals surface area contributed by atoms with E-state index in [-0.39, 0.29) is 18.2 Å². The molecule has 6 aromatic carbocycles. The smallest absolute Gasteiger partial charge is 0.439 e. The van der Waals surface area contributed by atoms with Gasteiger partial charge >= 0.3 is 5.76 Å². The predicted octanol–water partition coefficient (Wildman–Crippen LogP) is 11.7. The molecule has 10 heterocycles. The molecule has 84 heavy (non-hydrogen) atoms. The molecule has 0 saturated carbocycles. The monoisotopic (exact) mass is 1150 g/mol. The molecule has 9 aliphatic heterocycles. The molecule has 436 valence electrons. The lowest BCUT2D eigenvalue weighted by molar-refractivity contribution is 0.162. The number of fused-ring (bicyclic) bond motifs is 12. The third kappa shape index (κ3) is 10.2. The van der Waals surface area contributed by atoms with Crippen molar-refractivity contribution in [3.8, 4) is 52.0 Å². The van der Waals surface area contributed by atoms with Crippen molar-refractivity contribution in [1.29, 1.82) is 5.26 Å². The standard InChI is InChI=1S/C22H22N4O3.C21H24N4O2.C21H21N3O.ClH.H3NO/c1-25-14-7-8-15(25)12-16(11-14)26-17-4-2-3-5-19(17)28-20-10-13(6-9-18(20)26)21-23-22(27)29-24-21;1-24-14-7-8-15(24)12-16(11-14)25-17-4-2-3-5-19(17)27-20-10-13(21(22)23-26)6-9-18(20)25;1-23-15-7-8-16(23)12-17(11-15)24-18-4-2-3-5-20(18)25-21-10-14(13-22)6-9-19(21)24;;1-2/h2-6,9-10,14-16H,7-8,11-12H2,1H3,(H,23,24,27);2-6,9-10,14-16,26H,7-8,11-12H2,1H3,(H2,22,23);2-6,9-10,15-17H,7-8,11-12H2,1H3;1H;2H,1H2. The normalized spacial score (nSPS) is 25.6. The van der Waals surface area contributed by atoms with Crippen LogP contribution in [0, 0.1) is 11.3 Å². The molecule has 0 spiro atoms. The van der Waals surface area contributed by atoms with E-state index in [0.717, 1.165) is 99.9 Å². The van der Waals surface area contributed by atoms with Crippen molar-refractivity contribution in [2.24, 2.45) is 16.8 Å². The van der Waals surface area contributed by atoms with Crippen LogP contribution in [-0.4, -0.2) is 117 Å². The molecule has 6 atom stereocenters. The summed E-state index contributed by atoms with van der Waals surface area (Å²) >= 11 is 0. The van der Waals surface area contributed by atoms with Crippen LogP contribution in [-0.2, 0) is 0 Å². The number of nitrogens with zero attached hydrogens (tertiary/aromatic N) is 9. The first-order chi connectivity index (χ1) is 40.6. The average Bonchev–Trinajstić information content (AvgIpc) is 1.39. The number of aromatic nitrogens is 2. The largest absolute Gasteiger partial charge is 0.453 e. The second-order valence-corrected chi connectivity index (χ2v) is 23.4. The van der Waals surface area contributed by atoms with Gasteiger partial charge in [-0.05, 0) is 183 Å². The van der Waals surface area contributed by atoms with E-state index < -0.39 is 5.76 Å². The van der Waals surface area contributed by atoms with E-state index in [0.29, 0.717) is 71.3 Å². The number of H-pyrrole nitrogens is 1. The Bertz CT molecular complexity index is 3640. The molecule has 7 N–H and O–H groups in total. The number of ether oxygens (including phenoxy) is 3. The summed E-state index contributed by atoms with van der Waals surface area (Å²) in [4.78, 5) is 29.0. The van der Waals surface area contributed by atoms with Gasteiger partial charge in [0.1, 0.15) is 0 Å². The molecule has 6 bridgehead atoms. The van der Waals surface area contributed by atoms with Gasteiger partial charge < -0.3 is 59.8 Å². The minimum Gasteiger partial charge on any atom is -0.453 e. The van der Waals surface area contributed by atoms with Crippen molar-refractivity contribution in [2.75, 3.05) is 35.8 Å².